The van der Waals surface area contributed by atoms with Crippen LogP contribution in [-0.4, -0.2) is 140 Å². The third kappa shape index (κ3) is 8.12. The Morgan fingerprint density at radius 3 is 2.05 bits per heavy atom. The number of carboxylic acids is 1. The van der Waals surface area contributed by atoms with Gasteiger partial charge in [-0.15, -0.1) is 0 Å². The molecule has 0 saturated carbocycles. The molecule has 2 saturated heterocycles. The molecule has 2 fully saturated rings. The number of carbonyl (C=O) groups excluding carboxylic acids is 3. The first-order valence-corrected chi connectivity index (χ1v) is 11.5. The third-order valence-corrected chi connectivity index (χ3v) is 5.73. The van der Waals surface area contributed by atoms with Crippen molar-refractivity contribution in [3.8, 4) is 0 Å². The second-order valence-electron chi connectivity index (χ2n) is 8.59. The molecular weight excluding hydrogens is 536 g/mol. The van der Waals surface area contributed by atoms with Gasteiger partial charge < -0.3 is 63.5 Å². The summed E-state index contributed by atoms with van der Waals surface area (Å²) < 4.78 is 35.3. The van der Waals surface area contributed by atoms with Crippen LogP contribution in [0.2, 0.25) is 0 Å². The highest BCUT2D eigenvalue weighted by molar-refractivity contribution is 5.86. The molecule has 0 radical (unpaired) electrons. The van der Waals surface area contributed by atoms with Crippen LogP contribution < -0.4 is 5.11 Å². The van der Waals surface area contributed by atoms with Gasteiger partial charge in [-0.1, -0.05) is 6.58 Å². The molecule has 0 amide bonds. The van der Waals surface area contributed by atoms with Gasteiger partial charge in [0.2, 0.25) is 6.29 Å². The van der Waals surface area contributed by atoms with Crippen molar-refractivity contribution in [3.05, 3.63) is 12.2 Å². The summed E-state index contributed by atoms with van der Waals surface area (Å²) in [7, 11) is 3.24. The summed E-state index contributed by atoms with van der Waals surface area (Å²) in [4.78, 5) is 45.6. The molecule has 0 aromatic heterocycles. The molecule has 4 N–H and O–H groups in total. The average molecular weight is 569 g/mol. The molecule has 5 unspecified atom stereocenters. The van der Waals surface area contributed by atoms with Crippen LogP contribution >= 0.6 is 0 Å². The van der Waals surface area contributed by atoms with Crippen molar-refractivity contribution in [2.24, 2.45) is 0 Å². The third-order valence-electron chi connectivity index (χ3n) is 5.73. The fourth-order valence-electron chi connectivity index (χ4n) is 3.66. The van der Waals surface area contributed by atoms with Gasteiger partial charge in [0.05, 0.1) is 19.7 Å². The summed E-state index contributed by atoms with van der Waals surface area (Å²) in [6, 6.07) is 0. The number of methoxy groups -OCH3 is 3. The minimum Gasteiger partial charge on any atom is -0.547 e. The molecule has 2 heterocycles. The molecule has 0 bridgehead atoms. The van der Waals surface area contributed by atoms with Crippen LogP contribution in [0.15, 0.2) is 12.2 Å². The summed E-state index contributed by atoms with van der Waals surface area (Å²) in [6.07, 6.45) is -18.6. The van der Waals surface area contributed by atoms with Crippen molar-refractivity contribution in [2.45, 2.75) is 74.4 Å². The smallest absolute Gasteiger partial charge is 0.338 e. The number of aliphatic hydroxyl groups excluding tert-OH is 4. The quantitative estimate of drug-likeness (QED) is 0.0705. The second-order valence-corrected chi connectivity index (χ2v) is 8.59. The van der Waals surface area contributed by atoms with Crippen molar-refractivity contribution in [3.63, 3.8) is 0 Å². The van der Waals surface area contributed by atoms with E-state index in [9.17, 15) is 39.9 Å². The fourth-order valence-corrected chi connectivity index (χ4v) is 3.66. The highest BCUT2D eigenvalue weighted by atomic mass is 17.2. The first-order valence-electron chi connectivity index (χ1n) is 11.5. The van der Waals surface area contributed by atoms with E-state index in [4.69, 9.17) is 38.2 Å². The Labute approximate surface area is 222 Å². The van der Waals surface area contributed by atoms with E-state index in [1.807, 2.05) is 0 Å². The van der Waals surface area contributed by atoms with Gasteiger partial charge in [0, 0.05) is 19.8 Å². The molecule has 39 heavy (non-hydrogen) atoms. The number of aliphatic hydroxyl groups is 4. The van der Waals surface area contributed by atoms with E-state index in [1.165, 1.54) is 6.92 Å². The van der Waals surface area contributed by atoms with Crippen molar-refractivity contribution in [1.82, 2.24) is 0 Å². The molecule has 0 aromatic carbocycles. The number of carboxylic acid groups (broad SMARTS) is 1. The lowest BCUT2D eigenvalue weighted by Crippen LogP contribution is -2.65. The van der Waals surface area contributed by atoms with E-state index in [-0.39, 0.29) is 5.57 Å². The van der Waals surface area contributed by atoms with Crippen LogP contribution in [0, 0.1) is 0 Å². The second kappa shape index (κ2) is 14.9. The predicted octanol–water partition coefficient (Wildman–Crippen LogP) is -4.71. The first-order chi connectivity index (χ1) is 18.4. The summed E-state index contributed by atoms with van der Waals surface area (Å²) >= 11 is 0. The molecule has 2 rings (SSSR count). The molecule has 224 valence electrons. The van der Waals surface area contributed by atoms with Gasteiger partial charge in [-0.05, 0) is 6.92 Å². The zero-order valence-corrected chi connectivity index (χ0v) is 21.6. The molecule has 0 spiro atoms. The van der Waals surface area contributed by atoms with Crippen LogP contribution in [0.4, 0.5) is 0 Å². The minimum atomic E-state index is -1.91. The Bertz CT molecular complexity index is 850. The van der Waals surface area contributed by atoms with Crippen molar-refractivity contribution >= 4 is 17.9 Å². The van der Waals surface area contributed by atoms with E-state index in [0.29, 0.717) is 0 Å². The maximum absolute atomic E-state index is 12.2. The van der Waals surface area contributed by atoms with Crippen LogP contribution in [0.5, 0.6) is 0 Å². The zero-order valence-electron chi connectivity index (χ0n) is 21.6. The molecule has 17 heteroatoms. The SMILES string of the molecule is C=C(C)C(=O)OCC(O)CO[C@@H]1C(O)[C@H](OC)C(C(=O)[O-])O[C@H]1OO[C@@H]1C(C(=O)OC)O[C@@H](OC)[C@H](O)C1O. The van der Waals surface area contributed by atoms with Crippen molar-refractivity contribution < 1.29 is 82.8 Å². The highest BCUT2D eigenvalue weighted by Crippen LogP contribution is 2.30. The van der Waals surface area contributed by atoms with Gasteiger partial charge in [-0.3, -0.25) is 0 Å². The largest absolute Gasteiger partial charge is 0.547 e. The Morgan fingerprint density at radius 2 is 1.51 bits per heavy atom. The highest BCUT2D eigenvalue weighted by Gasteiger charge is 2.52. The van der Waals surface area contributed by atoms with Gasteiger partial charge in [0.15, 0.2) is 18.5 Å². The molecule has 11 atom stereocenters. The van der Waals surface area contributed by atoms with Crippen molar-refractivity contribution in [1.29, 1.82) is 0 Å². The lowest BCUT2D eigenvalue weighted by Gasteiger charge is -2.44. The molecule has 0 aromatic rings. The number of hydrogen-bond donors (Lipinski definition) is 4. The number of hydrogen-bond acceptors (Lipinski definition) is 17. The molecule has 2 aliphatic rings. The maximum Gasteiger partial charge on any atom is 0.338 e. The Morgan fingerprint density at radius 1 is 0.872 bits per heavy atom. The number of rotatable bonds is 13. The van der Waals surface area contributed by atoms with Gasteiger partial charge in [0.1, 0.15) is 49.3 Å². The molecule has 2 aliphatic heterocycles. The summed E-state index contributed by atoms with van der Waals surface area (Å²) in [5.41, 5.74) is 0.0853. The summed E-state index contributed by atoms with van der Waals surface area (Å²) in [5, 5.41) is 53.2. The number of esters is 2. The van der Waals surface area contributed by atoms with Gasteiger partial charge in [-0.2, -0.15) is 0 Å². The van der Waals surface area contributed by atoms with E-state index in [0.717, 1.165) is 21.3 Å². The normalized spacial score (nSPS) is 35.6. The van der Waals surface area contributed by atoms with Gasteiger partial charge in [-0.25, -0.2) is 19.4 Å². The first kappa shape index (κ1) is 32.9. The Balaban J connectivity index is 2.20. The minimum absolute atomic E-state index is 0.0853. The lowest BCUT2D eigenvalue weighted by molar-refractivity contribution is -0.465. The zero-order chi connectivity index (χ0) is 29.4. The predicted molar refractivity (Wildman–Crippen MR) is 118 cm³/mol. The van der Waals surface area contributed by atoms with E-state index < -0.39 is 98.6 Å². The lowest BCUT2D eigenvalue weighted by atomic mass is 9.98. The summed E-state index contributed by atoms with van der Waals surface area (Å²) in [6.45, 7) is 3.69. The van der Waals surface area contributed by atoms with Crippen LogP contribution in [0.25, 0.3) is 0 Å². The number of carbonyl (C=O) groups is 3. The summed E-state index contributed by atoms with van der Waals surface area (Å²) in [5.74, 6) is -3.62. The topological polar surface area (TPSA) is 238 Å². The monoisotopic (exact) mass is 569 g/mol. The Hall–Kier alpha value is -2.29. The molecule has 0 aliphatic carbocycles. The Kier molecular flexibility index (Phi) is 12.6. The number of ether oxygens (including phenoxy) is 7. The number of aliphatic carboxylic acids is 1. The van der Waals surface area contributed by atoms with E-state index >= 15 is 0 Å². The van der Waals surface area contributed by atoms with Crippen LogP contribution in [0.3, 0.4) is 0 Å². The molecule has 17 nitrogen and oxygen atoms in total. The average Bonchev–Trinajstić information content (AvgIpc) is 2.90. The van der Waals surface area contributed by atoms with Crippen molar-refractivity contribution in [2.75, 3.05) is 34.5 Å². The standard InChI is InChI=1S/C22H34O17/c1-8(2)19(29)35-7-9(23)6-34-15-12(26)13(31-3)16(18(27)28)36-22(15)39-38-14-10(24)11(25)21(33-5)37-17(14)20(30)32-4/h9-17,21-26H,1,6-7H2,2-5H3,(H,27,28)/p-1/t9?,10?,11-,12?,13+,14+,15-,16?,17?,21-,22+/m1/s1. The maximum atomic E-state index is 12.2. The van der Waals surface area contributed by atoms with Crippen LogP contribution in [-0.2, 0) is 57.3 Å². The molecular formula is C22H33O17-. The fraction of sp³-hybridized carbons (Fsp3) is 0.773. The van der Waals surface area contributed by atoms with Gasteiger partial charge in [0.25, 0.3) is 0 Å². The van der Waals surface area contributed by atoms with Crippen LogP contribution in [0.1, 0.15) is 6.92 Å². The van der Waals surface area contributed by atoms with Gasteiger partial charge >= 0.3 is 11.9 Å². The van der Waals surface area contributed by atoms with E-state index in [1.54, 1.807) is 0 Å². The van der Waals surface area contributed by atoms with E-state index in [2.05, 4.69) is 11.3 Å².